The molecule has 11 nitrogen and oxygen atoms in total. The molecule has 61 heavy (non-hydrogen) atoms. The molecule has 1 aromatic heterocycles. The molecule has 0 bridgehead atoms. The lowest BCUT2D eigenvalue weighted by Gasteiger charge is -2.25. The number of carbonyl (C=O) groups is 2. The van der Waals surface area contributed by atoms with E-state index in [1.807, 2.05) is 17.1 Å². The van der Waals surface area contributed by atoms with E-state index < -0.39 is 12.6 Å². The maximum atomic E-state index is 13.1. The summed E-state index contributed by atoms with van der Waals surface area (Å²) in [5.74, 6) is 1.51. The Morgan fingerprint density at radius 1 is 0.525 bits per heavy atom. The van der Waals surface area contributed by atoms with Crippen LogP contribution >= 0.6 is 0 Å². The van der Waals surface area contributed by atoms with Gasteiger partial charge in [0.25, 0.3) is 0 Å². The third kappa shape index (κ3) is 30.6. The molecular formula is C50H95N3O8. The minimum absolute atomic E-state index is 0.237. The minimum atomic E-state index is -0.392. The van der Waals surface area contributed by atoms with Crippen molar-refractivity contribution in [3.63, 3.8) is 0 Å². The van der Waals surface area contributed by atoms with E-state index in [-0.39, 0.29) is 38.0 Å². The topological polar surface area (TPSA) is 111 Å². The number of nitrogens with zero attached hydrogens (tertiary/aromatic N) is 3. The normalized spacial score (nSPS) is 14.8. The van der Waals surface area contributed by atoms with Gasteiger partial charge in [0, 0.05) is 44.9 Å². The van der Waals surface area contributed by atoms with E-state index in [2.05, 4.69) is 65.3 Å². The van der Waals surface area contributed by atoms with Crippen LogP contribution in [-0.4, -0.2) is 98.2 Å². The van der Waals surface area contributed by atoms with Crippen LogP contribution in [0.3, 0.4) is 0 Å². The Morgan fingerprint density at radius 2 is 0.902 bits per heavy atom. The molecule has 0 N–H and O–H groups in total. The second-order valence-corrected chi connectivity index (χ2v) is 17.4. The van der Waals surface area contributed by atoms with E-state index >= 15 is 0 Å². The maximum Gasteiger partial charge on any atom is 0.307 e. The number of imidazole rings is 1. The third-order valence-electron chi connectivity index (χ3n) is 12.2. The molecule has 0 aliphatic rings. The molecule has 0 saturated carbocycles. The van der Waals surface area contributed by atoms with E-state index in [0.717, 1.165) is 70.9 Å². The summed E-state index contributed by atoms with van der Waals surface area (Å²) in [6.07, 6.45) is 25.5. The predicted molar refractivity (Wildman–Crippen MR) is 248 cm³/mol. The minimum Gasteiger partial charge on any atom is -0.465 e. The highest BCUT2D eigenvalue weighted by Crippen LogP contribution is 2.20. The first-order chi connectivity index (χ1) is 29.7. The Kier molecular flexibility index (Phi) is 36.9. The fraction of sp³-hybridized carbons (Fsp3) is 0.900. The monoisotopic (exact) mass is 866 g/mol. The van der Waals surface area contributed by atoms with E-state index in [4.69, 9.17) is 28.4 Å². The van der Waals surface area contributed by atoms with Crippen molar-refractivity contribution in [1.82, 2.24) is 14.5 Å². The standard InChI is InChI=1S/C50H95N3O8/c1-9-17-22-43(13-5)38-58-49(59-39-44(14-6)23-18-10-2)28-36-56-47(54)26-33-52(31-21-32-53-35-30-51-42-53)34-27-48(55)57-37-29-50(60-40-45(15-7)24-19-11-3)61-41-46(16-8)25-20-12-4/h30,35,42-46,49-50H,9-29,31-34,36-41H2,1-8H3. The summed E-state index contributed by atoms with van der Waals surface area (Å²) in [6, 6.07) is 0. The molecule has 0 aliphatic carbocycles. The molecule has 0 aromatic carbocycles. The number of esters is 2. The van der Waals surface area contributed by atoms with Crippen LogP contribution in [0.15, 0.2) is 18.7 Å². The summed E-state index contributed by atoms with van der Waals surface area (Å²) in [7, 11) is 0. The van der Waals surface area contributed by atoms with Gasteiger partial charge in [0.15, 0.2) is 12.6 Å². The van der Waals surface area contributed by atoms with Gasteiger partial charge in [-0.15, -0.1) is 0 Å². The van der Waals surface area contributed by atoms with Gasteiger partial charge in [-0.25, -0.2) is 4.98 Å². The van der Waals surface area contributed by atoms with Crippen molar-refractivity contribution in [2.24, 2.45) is 23.7 Å². The van der Waals surface area contributed by atoms with E-state index in [9.17, 15) is 9.59 Å². The highest BCUT2D eigenvalue weighted by molar-refractivity contribution is 5.70. The van der Waals surface area contributed by atoms with Crippen molar-refractivity contribution in [3.8, 4) is 0 Å². The first-order valence-electron chi connectivity index (χ1n) is 25.2. The number of carbonyl (C=O) groups excluding carboxylic acids is 2. The highest BCUT2D eigenvalue weighted by atomic mass is 16.7. The summed E-state index contributed by atoms with van der Waals surface area (Å²) in [6.45, 7) is 23.5. The number of hydrogen-bond acceptors (Lipinski definition) is 10. The molecule has 1 rings (SSSR count). The average Bonchev–Trinajstić information content (AvgIpc) is 3.80. The smallest absolute Gasteiger partial charge is 0.307 e. The Hall–Kier alpha value is -2.05. The predicted octanol–water partition coefficient (Wildman–Crippen LogP) is 11.8. The molecule has 0 aliphatic heterocycles. The molecule has 0 radical (unpaired) electrons. The van der Waals surface area contributed by atoms with E-state index in [1.54, 1.807) is 6.20 Å². The van der Waals surface area contributed by atoms with Gasteiger partial charge in [-0.2, -0.15) is 0 Å². The first-order valence-corrected chi connectivity index (χ1v) is 25.2. The number of unbranched alkanes of at least 4 members (excludes halogenated alkanes) is 4. The zero-order valence-electron chi connectivity index (χ0n) is 40.7. The molecule has 4 unspecified atom stereocenters. The number of ether oxygens (including phenoxy) is 6. The lowest BCUT2D eigenvalue weighted by Crippen LogP contribution is -2.31. The fourth-order valence-corrected chi connectivity index (χ4v) is 7.41. The molecule has 0 saturated heterocycles. The zero-order chi connectivity index (χ0) is 44.8. The van der Waals surface area contributed by atoms with Gasteiger partial charge in [0.1, 0.15) is 0 Å². The Morgan fingerprint density at radius 3 is 1.21 bits per heavy atom. The van der Waals surface area contributed by atoms with Crippen molar-refractivity contribution in [2.45, 2.75) is 209 Å². The number of rotatable bonds is 44. The second kappa shape index (κ2) is 39.5. The van der Waals surface area contributed by atoms with Crippen LogP contribution in [0, 0.1) is 23.7 Å². The van der Waals surface area contributed by atoms with Crippen LogP contribution in [0.4, 0.5) is 0 Å². The number of aryl methyl sites for hydroxylation is 1. The van der Waals surface area contributed by atoms with Crippen molar-refractivity contribution >= 4 is 11.9 Å². The summed E-state index contributed by atoms with van der Waals surface area (Å²) in [5, 5.41) is 0. The molecule has 1 aromatic rings. The van der Waals surface area contributed by atoms with Gasteiger partial charge in [-0.1, -0.05) is 132 Å². The van der Waals surface area contributed by atoms with Crippen LogP contribution in [0.1, 0.15) is 190 Å². The van der Waals surface area contributed by atoms with Crippen LogP contribution in [0.25, 0.3) is 0 Å². The average molecular weight is 866 g/mol. The molecule has 1 heterocycles. The molecular weight excluding hydrogens is 771 g/mol. The maximum absolute atomic E-state index is 13.1. The van der Waals surface area contributed by atoms with Gasteiger partial charge >= 0.3 is 11.9 Å². The van der Waals surface area contributed by atoms with Crippen LogP contribution < -0.4 is 0 Å². The fourth-order valence-electron chi connectivity index (χ4n) is 7.41. The quantitative estimate of drug-likeness (QED) is 0.0464. The highest BCUT2D eigenvalue weighted by Gasteiger charge is 2.20. The van der Waals surface area contributed by atoms with E-state index in [1.165, 1.54) is 51.4 Å². The summed E-state index contributed by atoms with van der Waals surface area (Å²) >= 11 is 0. The van der Waals surface area contributed by atoms with Gasteiger partial charge in [-0.3, -0.25) is 9.59 Å². The number of aromatic nitrogens is 2. The molecule has 11 heteroatoms. The Labute approximate surface area is 374 Å². The lowest BCUT2D eigenvalue weighted by molar-refractivity contribution is -0.171. The molecule has 0 spiro atoms. The second-order valence-electron chi connectivity index (χ2n) is 17.4. The molecule has 0 amide bonds. The number of hydrogen-bond donors (Lipinski definition) is 0. The van der Waals surface area contributed by atoms with Crippen molar-refractivity contribution in [2.75, 3.05) is 59.3 Å². The van der Waals surface area contributed by atoms with Gasteiger partial charge in [0.2, 0.25) is 0 Å². The van der Waals surface area contributed by atoms with Crippen molar-refractivity contribution in [3.05, 3.63) is 18.7 Å². The first kappa shape index (κ1) is 57.0. The summed E-state index contributed by atoms with van der Waals surface area (Å²) in [4.78, 5) is 32.5. The molecule has 358 valence electrons. The van der Waals surface area contributed by atoms with Crippen molar-refractivity contribution < 1.29 is 38.0 Å². The Bertz CT molecular complexity index is 1020. The van der Waals surface area contributed by atoms with Gasteiger partial charge in [-0.05, 0) is 62.3 Å². The van der Waals surface area contributed by atoms with E-state index in [0.29, 0.717) is 76.0 Å². The lowest BCUT2D eigenvalue weighted by atomic mass is 10.0. The molecule has 0 fully saturated rings. The van der Waals surface area contributed by atoms with Gasteiger partial charge < -0.3 is 37.9 Å². The van der Waals surface area contributed by atoms with Crippen LogP contribution in [0.5, 0.6) is 0 Å². The van der Waals surface area contributed by atoms with Crippen molar-refractivity contribution in [1.29, 1.82) is 0 Å². The van der Waals surface area contributed by atoms with Gasteiger partial charge in [0.05, 0.1) is 58.8 Å². The van der Waals surface area contributed by atoms with Crippen LogP contribution in [-0.2, 0) is 44.6 Å². The summed E-state index contributed by atoms with van der Waals surface area (Å²) in [5.41, 5.74) is 0. The Balaban J connectivity index is 2.76. The zero-order valence-corrected chi connectivity index (χ0v) is 40.7. The SMILES string of the molecule is CCCCC(CC)COC(CCOC(=O)CCN(CCCn1ccnc1)CCC(=O)OCCC(OCC(CC)CCCC)OCC(CC)CCCC)OCC(CC)CCCC. The molecule has 4 atom stereocenters. The largest absolute Gasteiger partial charge is 0.465 e. The summed E-state index contributed by atoms with van der Waals surface area (Å²) < 4.78 is 38.9. The third-order valence-corrected chi connectivity index (χ3v) is 12.2. The van der Waals surface area contributed by atoms with Crippen LogP contribution in [0.2, 0.25) is 0 Å².